The van der Waals surface area contributed by atoms with E-state index in [-0.39, 0.29) is 6.04 Å². The normalized spacial score (nSPS) is 12.7. The highest BCUT2D eigenvalue weighted by Gasteiger charge is 2.20. The summed E-state index contributed by atoms with van der Waals surface area (Å²) in [5.74, 6) is 0. The molecule has 2 aromatic rings. The highest BCUT2D eigenvalue weighted by molar-refractivity contribution is 6.31. The zero-order valence-electron chi connectivity index (χ0n) is 11.0. The summed E-state index contributed by atoms with van der Waals surface area (Å²) in [7, 11) is 3.81. The average Bonchev–Trinajstić information content (AvgIpc) is 2.61. The SMILES string of the molecule is CNC(c1cc(C)nc(C)c1)c1c(Cl)cnn1C. The fourth-order valence-corrected chi connectivity index (χ4v) is 2.51. The second kappa shape index (κ2) is 5.08. The van der Waals surface area contributed by atoms with Crippen molar-refractivity contribution < 1.29 is 0 Å². The van der Waals surface area contributed by atoms with Crippen molar-refractivity contribution in [3.05, 3.63) is 46.0 Å². The molecule has 0 saturated carbocycles. The van der Waals surface area contributed by atoms with Crippen LogP contribution < -0.4 is 5.32 Å². The van der Waals surface area contributed by atoms with E-state index >= 15 is 0 Å². The van der Waals surface area contributed by atoms with Crippen molar-refractivity contribution in [3.63, 3.8) is 0 Å². The number of aromatic nitrogens is 3. The van der Waals surface area contributed by atoms with Gasteiger partial charge < -0.3 is 5.32 Å². The maximum atomic E-state index is 6.21. The predicted molar refractivity (Wildman–Crippen MR) is 72.8 cm³/mol. The van der Waals surface area contributed by atoms with Crippen molar-refractivity contribution in [3.8, 4) is 0 Å². The number of nitrogens with zero attached hydrogens (tertiary/aromatic N) is 3. The van der Waals surface area contributed by atoms with Crippen molar-refractivity contribution in [2.45, 2.75) is 19.9 Å². The van der Waals surface area contributed by atoms with Gasteiger partial charge in [0, 0.05) is 18.4 Å². The fraction of sp³-hybridized carbons (Fsp3) is 0.385. The third kappa shape index (κ3) is 2.40. The Kier molecular flexibility index (Phi) is 3.68. The van der Waals surface area contributed by atoms with Gasteiger partial charge in [0.2, 0.25) is 0 Å². The van der Waals surface area contributed by atoms with Crippen LogP contribution in [0.5, 0.6) is 0 Å². The van der Waals surface area contributed by atoms with E-state index in [4.69, 9.17) is 11.6 Å². The first-order valence-corrected chi connectivity index (χ1v) is 6.20. The van der Waals surface area contributed by atoms with Gasteiger partial charge in [-0.3, -0.25) is 9.67 Å². The summed E-state index contributed by atoms with van der Waals surface area (Å²) in [6, 6.07) is 4.15. The zero-order valence-corrected chi connectivity index (χ0v) is 11.8. The van der Waals surface area contributed by atoms with Crippen LogP contribution in [0.25, 0.3) is 0 Å². The molecule has 1 atom stereocenters. The largest absolute Gasteiger partial charge is 0.308 e. The van der Waals surface area contributed by atoms with Crippen LogP contribution in [0.2, 0.25) is 5.02 Å². The Morgan fingerprint density at radius 2 is 1.89 bits per heavy atom. The van der Waals surface area contributed by atoms with Crippen LogP contribution in [-0.4, -0.2) is 21.8 Å². The lowest BCUT2D eigenvalue weighted by atomic mass is 10.0. The van der Waals surface area contributed by atoms with Crippen LogP contribution in [0.3, 0.4) is 0 Å². The second-order valence-corrected chi connectivity index (χ2v) is 4.81. The van der Waals surface area contributed by atoms with Crippen molar-refractivity contribution in [1.29, 1.82) is 0 Å². The van der Waals surface area contributed by atoms with E-state index in [0.29, 0.717) is 5.02 Å². The minimum Gasteiger partial charge on any atom is -0.308 e. The van der Waals surface area contributed by atoms with E-state index in [0.717, 1.165) is 22.6 Å². The van der Waals surface area contributed by atoms with E-state index < -0.39 is 0 Å². The third-order valence-electron chi connectivity index (χ3n) is 2.94. The molecule has 0 spiro atoms. The highest BCUT2D eigenvalue weighted by Crippen LogP contribution is 2.28. The maximum absolute atomic E-state index is 6.21. The van der Waals surface area contributed by atoms with Crippen LogP contribution >= 0.6 is 11.6 Å². The molecule has 0 saturated heterocycles. The number of halogens is 1. The molecule has 0 aromatic carbocycles. The second-order valence-electron chi connectivity index (χ2n) is 4.41. The predicted octanol–water partition coefficient (Wildman–Crippen LogP) is 2.39. The zero-order chi connectivity index (χ0) is 13.3. The smallest absolute Gasteiger partial charge is 0.0837 e. The van der Waals surface area contributed by atoms with Gasteiger partial charge in [-0.2, -0.15) is 5.10 Å². The Hall–Kier alpha value is -1.39. The Balaban J connectivity index is 2.52. The first-order chi connectivity index (χ1) is 8.52. The van der Waals surface area contributed by atoms with Gasteiger partial charge in [0.05, 0.1) is 23.0 Å². The van der Waals surface area contributed by atoms with Crippen LogP contribution in [-0.2, 0) is 7.05 Å². The molecule has 0 aliphatic heterocycles. The molecule has 18 heavy (non-hydrogen) atoms. The lowest BCUT2D eigenvalue weighted by Gasteiger charge is -2.18. The quantitative estimate of drug-likeness (QED) is 0.926. The Labute approximate surface area is 112 Å². The molecular weight excluding hydrogens is 248 g/mol. The molecule has 0 radical (unpaired) electrons. The number of nitrogens with one attached hydrogen (secondary N) is 1. The summed E-state index contributed by atoms with van der Waals surface area (Å²) < 4.78 is 1.80. The van der Waals surface area contributed by atoms with Crippen molar-refractivity contribution in [1.82, 2.24) is 20.1 Å². The molecule has 4 nitrogen and oxygen atoms in total. The lowest BCUT2D eigenvalue weighted by Crippen LogP contribution is -2.21. The van der Waals surface area contributed by atoms with Crippen LogP contribution in [0.15, 0.2) is 18.3 Å². The number of rotatable bonds is 3. The fourth-order valence-electron chi connectivity index (χ4n) is 2.24. The molecule has 2 aromatic heterocycles. The van der Waals surface area contributed by atoms with Crippen molar-refractivity contribution in [2.75, 3.05) is 7.05 Å². The van der Waals surface area contributed by atoms with Gasteiger partial charge in [0.25, 0.3) is 0 Å². The van der Waals surface area contributed by atoms with E-state index in [9.17, 15) is 0 Å². The minimum atomic E-state index is 0.0189. The van der Waals surface area contributed by atoms with Crippen LogP contribution in [0.4, 0.5) is 0 Å². The van der Waals surface area contributed by atoms with E-state index in [1.54, 1.807) is 10.9 Å². The Bertz CT molecular complexity index is 522. The van der Waals surface area contributed by atoms with Gasteiger partial charge >= 0.3 is 0 Å². The Morgan fingerprint density at radius 1 is 1.28 bits per heavy atom. The summed E-state index contributed by atoms with van der Waals surface area (Å²) in [6.45, 7) is 3.99. The number of aryl methyl sites for hydroxylation is 3. The van der Waals surface area contributed by atoms with E-state index in [1.807, 2.05) is 27.9 Å². The molecule has 2 rings (SSSR count). The number of hydrogen-bond acceptors (Lipinski definition) is 3. The molecule has 2 heterocycles. The van der Waals surface area contributed by atoms with Crippen molar-refractivity contribution >= 4 is 11.6 Å². The van der Waals surface area contributed by atoms with Gasteiger partial charge in [-0.05, 0) is 38.6 Å². The molecule has 0 amide bonds. The average molecular weight is 265 g/mol. The van der Waals surface area contributed by atoms with Gasteiger partial charge in [-0.1, -0.05) is 11.6 Å². The third-order valence-corrected chi connectivity index (χ3v) is 3.23. The highest BCUT2D eigenvalue weighted by atomic mass is 35.5. The molecule has 1 N–H and O–H groups in total. The van der Waals surface area contributed by atoms with Gasteiger partial charge in [0.15, 0.2) is 0 Å². The summed E-state index contributed by atoms with van der Waals surface area (Å²) in [5, 5.41) is 8.14. The minimum absolute atomic E-state index is 0.0189. The number of hydrogen-bond donors (Lipinski definition) is 1. The van der Waals surface area contributed by atoms with E-state index in [1.165, 1.54) is 0 Å². The topological polar surface area (TPSA) is 42.7 Å². The lowest BCUT2D eigenvalue weighted by molar-refractivity contribution is 0.605. The van der Waals surface area contributed by atoms with Crippen LogP contribution in [0, 0.1) is 13.8 Å². The van der Waals surface area contributed by atoms with Gasteiger partial charge in [0.1, 0.15) is 0 Å². The molecule has 0 fully saturated rings. The molecular formula is C13H17ClN4. The summed E-state index contributed by atoms with van der Waals surface area (Å²) in [4.78, 5) is 4.39. The molecule has 0 aliphatic rings. The summed E-state index contributed by atoms with van der Waals surface area (Å²) >= 11 is 6.21. The molecule has 5 heteroatoms. The maximum Gasteiger partial charge on any atom is 0.0837 e. The van der Waals surface area contributed by atoms with E-state index in [2.05, 4.69) is 27.5 Å². The standard InChI is InChI=1S/C13H17ClN4/c1-8-5-10(6-9(2)17-8)12(15-3)13-11(14)7-16-18(13)4/h5-7,12,15H,1-4H3. The van der Waals surface area contributed by atoms with Gasteiger partial charge in [-0.25, -0.2) is 0 Å². The monoisotopic (exact) mass is 264 g/mol. The Morgan fingerprint density at radius 3 is 2.33 bits per heavy atom. The first kappa shape index (κ1) is 13.1. The van der Waals surface area contributed by atoms with Crippen molar-refractivity contribution in [2.24, 2.45) is 7.05 Å². The first-order valence-electron chi connectivity index (χ1n) is 5.82. The molecule has 1 unspecified atom stereocenters. The molecule has 0 aliphatic carbocycles. The summed E-state index contributed by atoms with van der Waals surface area (Å²) in [5.41, 5.74) is 4.12. The van der Waals surface area contributed by atoms with Crippen LogP contribution in [0.1, 0.15) is 28.7 Å². The van der Waals surface area contributed by atoms with Gasteiger partial charge in [-0.15, -0.1) is 0 Å². The molecule has 96 valence electrons. The number of pyridine rings is 1. The summed E-state index contributed by atoms with van der Waals surface area (Å²) in [6.07, 6.45) is 1.67. The molecule has 0 bridgehead atoms.